The first-order valence-corrected chi connectivity index (χ1v) is 11.6. The van der Waals surface area contributed by atoms with Crippen molar-refractivity contribution < 1.29 is 14.4 Å². The van der Waals surface area contributed by atoms with Crippen LogP contribution in [-0.2, 0) is 9.59 Å². The molecule has 7 nitrogen and oxygen atoms in total. The van der Waals surface area contributed by atoms with Gasteiger partial charge < -0.3 is 15.5 Å². The average Bonchev–Trinajstić information content (AvgIpc) is 3.43. The molecular weight excluding hydrogens is 388 g/mol. The molecule has 2 N–H and O–H groups in total. The van der Waals surface area contributed by atoms with Crippen LogP contribution in [0.3, 0.4) is 0 Å². The molecule has 8 heteroatoms. The summed E-state index contributed by atoms with van der Waals surface area (Å²) in [6.45, 7) is 2.50. The second kappa shape index (κ2) is 9.17. The SMILES string of the molecule is O=C(CN1CCCC1C(=O)N1CCSCC1)Nc1ccccc1C(=O)NC1CC1. The molecular formula is C21H28N4O3S. The van der Waals surface area contributed by atoms with Crippen LogP contribution < -0.4 is 10.6 Å². The third-order valence-corrected chi connectivity index (χ3v) is 6.62. The van der Waals surface area contributed by atoms with Crippen molar-refractivity contribution in [2.45, 2.75) is 37.8 Å². The maximum atomic E-state index is 12.9. The first-order valence-electron chi connectivity index (χ1n) is 10.4. The molecule has 1 aliphatic carbocycles. The number of thioether (sulfide) groups is 1. The summed E-state index contributed by atoms with van der Waals surface area (Å²) in [5.41, 5.74) is 0.999. The molecule has 1 aromatic rings. The van der Waals surface area contributed by atoms with Crippen LogP contribution in [0.25, 0.3) is 0 Å². The summed E-state index contributed by atoms with van der Waals surface area (Å²) < 4.78 is 0. The lowest BCUT2D eigenvalue weighted by Crippen LogP contribution is -2.50. The van der Waals surface area contributed by atoms with Gasteiger partial charge in [0.25, 0.3) is 5.91 Å². The maximum absolute atomic E-state index is 12.9. The van der Waals surface area contributed by atoms with Crippen LogP contribution in [0.2, 0.25) is 0 Å². The van der Waals surface area contributed by atoms with Crippen molar-refractivity contribution in [1.29, 1.82) is 0 Å². The summed E-state index contributed by atoms with van der Waals surface area (Å²) in [5, 5.41) is 5.84. The molecule has 0 bridgehead atoms. The number of rotatable bonds is 6. The van der Waals surface area contributed by atoms with Crippen LogP contribution in [0.5, 0.6) is 0 Å². The molecule has 0 aromatic heterocycles. The highest BCUT2D eigenvalue weighted by molar-refractivity contribution is 7.99. The molecule has 0 radical (unpaired) electrons. The Labute approximate surface area is 175 Å². The molecule has 1 atom stereocenters. The fourth-order valence-corrected chi connectivity index (χ4v) is 4.85. The van der Waals surface area contributed by atoms with Gasteiger partial charge in [-0.05, 0) is 44.4 Å². The first-order chi connectivity index (χ1) is 14.1. The highest BCUT2D eigenvalue weighted by atomic mass is 32.2. The number of hydrogen-bond acceptors (Lipinski definition) is 5. The molecule has 2 saturated heterocycles. The number of benzene rings is 1. The summed E-state index contributed by atoms with van der Waals surface area (Å²) >= 11 is 1.88. The number of carbonyl (C=O) groups excluding carboxylic acids is 3. The van der Waals surface area contributed by atoms with Crippen LogP contribution >= 0.6 is 11.8 Å². The van der Waals surface area contributed by atoms with Crippen molar-refractivity contribution in [3.05, 3.63) is 29.8 Å². The number of nitrogens with zero attached hydrogens (tertiary/aromatic N) is 2. The number of carbonyl (C=O) groups is 3. The lowest BCUT2D eigenvalue weighted by molar-refractivity contribution is -0.136. The molecule has 3 fully saturated rings. The van der Waals surface area contributed by atoms with Crippen LogP contribution in [0.1, 0.15) is 36.0 Å². The molecule has 1 aromatic carbocycles. The molecule has 1 saturated carbocycles. The van der Waals surface area contributed by atoms with Gasteiger partial charge in [0.1, 0.15) is 0 Å². The van der Waals surface area contributed by atoms with E-state index in [0.29, 0.717) is 11.3 Å². The average molecular weight is 417 g/mol. The number of para-hydroxylation sites is 1. The standard InChI is InChI=1S/C21H28N4O3S/c26-19(23-17-5-2-1-4-16(17)20(27)22-15-7-8-15)14-25-9-3-6-18(25)21(28)24-10-12-29-13-11-24/h1-2,4-5,15,18H,3,6-14H2,(H,22,27)(H,23,26). The summed E-state index contributed by atoms with van der Waals surface area (Å²) in [4.78, 5) is 42.0. The minimum atomic E-state index is -0.211. The Balaban J connectivity index is 1.36. The van der Waals surface area contributed by atoms with Gasteiger partial charge in [0.15, 0.2) is 0 Å². The maximum Gasteiger partial charge on any atom is 0.253 e. The minimum Gasteiger partial charge on any atom is -0.349 e. The van der Waals surface area contributed by atoms with Crippen molar-refractivity contribution in [1.82, 2.24) is 15.1 Å². The van der Waals surface area contributed by atoms with Gasteiger partial charge in [0, 0.05) is 30.6 Å². The third kappa shape index (κ3) is 5.11. The van der Waals surface area contributed by atoms with E-state index in [1.165, 1.54) is 0 Å². The normalized spacial score (nSPS) is 22.3. The van der Waals surface area contributed by atoms with E-state index in [9.17, 15) is 14.4 Å². The molecule has 3 aliphatic rings. The van der Waals surface area contributed by atoms with Crippen LogP contribution in [0, 0.1) is 0 Å². The van der Waals surface area contributed by atoms with Crippen LogP contribution in [-0.4, -0.2) is 77.3 Å². The van der Waals surface area contributed by atoms with Gasteiger partial charge in [0.2, 0.25) is 11.8 Å². The van der Waals surface area contributed by atoms with E-state index < -0.39 is 0 Å². The van der Waals surface area contributed by atoms with Gasteiger partial charge in [-0.3, -0.25) is 19.3 Å². The van der Waals surface area contributed by atoms with Crippen molar-refractivity contribution in [3.8, 4) is 0 Å². The van der Waals surface area contributed by atoms with E-state index in [2.05, 4.69) is 10.6 Å². The summed E-state index contributed by atoms with van der Waals surface area (Å²) in [5.74, 6) is 1.78. The second-order valence-electron chi connectivity index (χ2n) is 7.91. The highest BCUT2D eigenvalue weighted by Crippen LogP contribution is 2.23. The predicted molar refractivity (Wildman–Crippen MR) is 114 cm³/mol. The smallest absolute Gasteiger partial charge is 0.253 e. The number of hydrogen-bond donors (Lipinski definition) is 2. The zero-order valence-corrected chi connectivity index (χ0v) is 17.4. The summed E-state index contributed by atoms with van der Waals surface area (Å²) in [7, 11) is 0. The van der Waals surface area contributed by atoms with Crippen LogP contribution in [0.15, 0.2) is 24.3 Å². The Morgan fingerprint density at radius 3 is 2.55 bits per heavy atom. The van der Waals surface area contributed by atoms with Gasteiger partial charge >= 0.3 is 0 Å². The Bertz CT molecular complexity index is 777. The largest absolute Gasteiger partial charge is 0.349 e. The molecule has 2 aliphatic heterocycles. The minimum absolute atomic E-state index is 0.152. The van der Waals surface area contributed by atoms with E-state index in [4.69, 9.17) is 0 Å². The molecule has 2 heterocycles. The number of amides is 3. The summed E-state index contributed by atoms with van der Waals surface area (Å²) in [6, 6.07) is 7.12. The fourth-order valence-electron chi connectivity index (χ4n) is 3.94. The predicted octanol–water partition coefficient (Wildman–Crippen LogP) is 1.56. The van der Waals surface area contributed by atoms with Gasteiger partial charge in [0.05, 0.1) is 23.8 Å². The molecule has 3 amide bonds. The van der Waals surface area contributed by atoms with Crippen molar-refractivity contribution >= 4 is 35.2 Å². The number of nitrogens with one attached hydrogen (secondary N) is 2. The van der Waals surface area contributed by atoms with Gasteiger partial charge in [-0.15, -0.1) is 0 Å². The molecule has 29 heavy (non-hydrogen) atoms. The van der Waals surface area contributed by atoms with Gasteiger partial charge in [-0.2, -0.15) is 11.8 Å². The van der Waals surface area contributed by atoms with Gasteiger partial charge in [-0.25, -0.2) is 0 Å². The fraction of sp³-hybridized carbons (Fsp3) is 0.571. The monoisotopic (exact) mass is 416 g/mol. The second-order valence-corrected chi connectivity index (χ2v) is 9.13. The lowest BCUT2D eigenvalue weighted by atomic mass is 10.1. The lowest BCUT2D eigenvalue weighted by Gasteiger charge is -2.32. The van der Waals surface area contributed by atoms with E-state index in [1.54, 1.807) is 24.3 Å². The van der Waals surface area contributed by atoms with Crippen LogP contribution in [0.4, 0.5) is 5.69 Å². The zero-order valence-electron chi connectivity index (χ0n) is 16.6. The van der Waals surface area contributed by atoms with E-state index in [-0.39, 0.29) is 36.3 Å². The summed E-state index contributed by atoms with van der Waals surface area (Å²) in [6.07, 6.45) is 3.75. The Morgan fingerprint density at radius 2 is 1.79 bits per heavy atom. The number of likely N-dealkylation sites (tertiary alicyclic amines) is 1. The molecule has 156 valence electrons. The zero-order chi connectivity index (χ0) is 20.2. The molecule has 1 unspecified atom stereocenters. The molecule has 4 rings (SSSR count). The van der Waals surface area contributed by atoms with Crippen molar-refractivity contribution in [2.75, 3.05) is 43.0 Å². The van der Waals surface area contributed by atoms with E-state index in [1.807, 2.05) is 21.6 Å². The Kier molecular flexibility index (Phi) is 6.40. The number of anilines is 1. The van der Waals surface area contributed by atoms with Gasteiger partial charge in [-0.1, -0.05) is 12.1 Å². The topological polar surface area (TPSA) is 81.8 Å². The quantitative estimate of drug-likeness (QED) is 0.736. The third-order valence-electron chi connectivity index (χ3n) is 5.68. The van der Waals surface area contributed by atoms with E-state index in [0.717, 1.165) is 56.8 Å². The van der Waals surface area contributed by atoms with Crippen molar-refractivity contribution in [3.63, 3.8) is 0 Å². The van der Waals surface area contributed by atoms with E-state index >= 15 is 0 Å². The highest BCUT2D eigenvalue weighted by Gasteiger charge is 2.35. The molecule has 0 spiro atoms. The van der Waals surface area contributed by atoms with Crippen molar-refractivity contribution in [2.24, 2.45) is 0 Å². The Hall–Kier alpha value is -2.06. The first kappa shape index (κ1) is 20.2. The Morgan fingerprint density at radius 1 is 1.03 bits per heavy atom.